The van der Waals surface area contributed by atoms with Gasteiger partial charge in [0.05, 0.1) is 12.7 Å². The van der Waals surface area contributed by atoms with Crippen molar-refractivity contribution in [2.24, 2.45) is 5.92 Å². The minimum atomic E-state index is -0.400. The van der Waals surface area contributed by atoms with Crippen LogP contribution in [0.4, 0.5) is 0 Å². The molecule has 0 radical (unpaired) electrons. The molecule has 2 heterocycles. The maximum Gasteiger partial charge on any atom is 0.335 e. The lowest BCUT2D eigenvalue weighted by Crippen LogP contribution is -2.30. The summed E-state index contributed by atoms with van der Waals surface area (Å²) in [6, 6.07) is 3.27. The maximum atomic E-state index is 12.4. The van der Waals surface area contributed by atoms with Gasteiger partial charge in [0, 0.05) is 18.1 Å². The summed E-state index contributed by atoms with van der Waals surface area (Å²) in [6.07, 6.45) is 7.08. The van der Waals surface area contributed by atoms with E-state index in [4.69, 9.17) is 4.74 Å². The molecule has 0 bridgehead atoms. The Labute approximate surface area is 144 Å². The van der Waals surface area contributed by atoms with Crippen LogP contribution in [0, 0.1) is 5.92 Å². The molecule has 0 saturated carbocycles. The molecule has 1 unspecified atom stereocenters. The summed E-state index contributed by atoms with van der Waals surface area (Å²) in [5, 5.41) is 10.8. The third kappa shape index (κ3) is 3.73. The number of methoxy groups -OCH3 is 1. The van der Waals surface area contributed by atoms with Gasteiger partial charge in [-0.2, -0.15) is 0 Å². The summed E-state index contributed by atoms with van der Waals surface area (Å²) in [5.41, 5.74) is 1.31. The number of carbonyl (C=O) groups is 2. The van der Waals surface area contributed by atoms with Crippen LogP contribution in [0.15, 0.2) is 42.1 Å². The van der Waals surface area contributed by atoms with Crippen molar-refractivity contribution in [3.8, 4) is 5.82 Å². The number of nitrogens with zero attached hydrogens (tertiary/aromatic N) is 4. The molecular formula is C17H19N5O3. The highest BCUT2D eigenvalue weighted by atomic mass is 16.5. The second kappa shape index (κ2) is 7.25. The third-order valence-corrected chi connectivity index (χ3v) is 4.15. The van der Waals surface area contributed by atoms with Gasteiger partial charge in [-0.1, -0.05) is 6.92 Å². The van der Waals surface area contributed by atoms with E-state index in [-0.39, 0.29) is 5.69 Å². The molecule has 0 fully saturated rings. The Morgan fingerprint density at radius 1 is 1.32 bits per heavy atom. The molecule has 0 saturated heterocycles. The molecule has 1 atom stereocenters. The summed E-state index contributed by atoms with van der Waals surface area (Å²) in [5.74, 6) is 0.151. The highest BCUT2D eigenvalue weighted by Gasteiger charge is 2.25. The van der Waals surface area contributed by atoms with E-state index in [9.17, 15) is 9.59 Å². The number of hydrogen-bond donors (Lipinski definition) is 1. The van der Waals surface area contributed by atoms with Gasteiger partial charge in [-0.25, -0.2) is 9.78 Å². The lowest BCUT2D eigenvalue weighted by molar-refractivity contribution is -0.136. The second-order valence-electron chi connectivity index (χ2n) is 6.00. The Hall–Kier alpha value is -3.03. The number of esters is 1. The molecule has 1 aliphatic carbocycles. The van der Waals surface area contributed by atoms with Crippen LogP contribution in [0.5, 0.6) is 0 Å². The van der Waals surface area contributed by atoms with Gasteiger partial charge in [-0.15, -0.1) is 10.2 Å². The zero-order chi connectivity index (χ0) is 17.8. The topological polar surface area (TPSA) is 99.0 Å². The van der Waals surface area contributed by atoms with Gasteiger partial charge >= 0.3 is 5.97 Å². The van der Waals surface area contributed by atoms with E-state index < -0.39 is 11.9 Å². The van der Waals surface area contributed by atoms with E-state index >= 15 is 0 Å². The summed E-state index contributed by atoms with van der Waals surface area (Å²) < 4.78 is 6.52. The molecule has 130 valence electrons. The molecule has 2 aromatic heterocycles. The van der Waals surface area contributed by atoms with E-state index in [1.807, 2.05) is 0 Å². The molecule has 0 spiro atoms. The number of carbonyl (C=O) groups excluding carboxylic acids is 2. The number of hydrogen-bond acceptors (Lipinski definition) is 6. The number of ether oxygens (including phenoxy) is 1. The van der Waals surface area contributed by atoms with Crippen LogP contribution in [0.1, 0.15) is 36.7 Å². The summed E-state index contributed by atoms with van der Waals surface area (Å²) in [7, 11) is 1.34. The maximum absolute atomic E-state index is 12.4. The molecule has 2 aromatic rings. The largest absolute Gasteiger partial charge is 0.466 e. The number of rotatable bonds is 4. The fourth-order valence-corrected chi connectivity index (χ4v) is 2.76. The minimum absolute atomic E-state index is 0.180. The highest BCUT2D eigenvalue weighted by molar-refractivity contribution is 5.95. The number of allylic oxidation sites excluding steroid dienone is 1. The van der Waals surface area contributed by atoms with Crippen LogP contribution in [0.25, 0.3) is 5.82 Å². The van der Waals surface area contributed by atoms with Gasteiger partial charge in [0.15, 0.2) is 11.5 Å². The fraction of sp³-hybridized carbons (Fsp3) is 0.353. The van der Waals surface area contributed by atoms with E-state index in [0.717, 1.165) is 6.42 Å². The number of amides is 1. The van der Waals surface area contributed by atoms with Crippen molar-refractivity contribution >= 4 is 11.9 Å². The van der Waals surface area contributed by atoms with Crippen LogP contribution in [0.2, 0.25) is 0 Å². The molecule has 0 aliphatic heterocycles. The van der Waals surface area contributed by atoms with E-state index in [0.29, 0.717) is 35.8 Å². The number of nitrogens with one attached hydrogen (secondary N) is 1. The van der Waals surface area contributed by atoms with Gasteiger partial charge in [-0.3, -0.25) is 9.36 Å². The Kier molecular flexibility index (Phi) is 4.87. The first kappa shape index (κ1) is 16.8. The summed E-state index contributed by atoms with van der Waals surface area (Å²) >= 11 is 0. The molecule has 3 rings (SSSR count). The third-order valence-electron chi connectivity index (χ3n) is 4.15. The smallest absolute Gasteiger partial charge is 0.335 e. The average Bonchev–Trinajstić information content (AvgIpc) is 3.17. The zero-order valence-corrected chi connectivity index (χ0v) is 14.1. The Morgan fingerprint density at radius 3 is 2.80 bits per heavy atom. The van der Waals surface area contributed by atoms with Crippen LogP contribution in [-0.4, -0.2) is 38.7 Å². The second-order valence-corrected chi connectivity index (χ2v) is 6.00. The highest BCUT2D eigenvalue weighted by Crippen LogP contribution is 2.28. The molecule has 8 nitrogen and oxygen atoms in total. The fourth-order valence-electron chi connectivity index (χ4n) is 2.76. The predicted molar refractivity (Wildman–Crippen MR) is 88.7 cm³/mol. The SMILES string of the molecule is COC(=O)C1=C(NC(=O)c2ccc(-n3ccnc3)nn2)CCC(C)C1. The quantitative estimate of drug-likeness (QED) is 0.849. The van der Waals surface area contributed by atoms with Gasteiger partial charge in [-0.05, 0) is 37.3 Å². The average molecular weight is 341 g/mol. The van der Waals surface area contributed by atoms with Crippen molar-refractivity contribution in [2.75, 3.05) is 7.11 Å². The van der Waals surface area contributed by atoms with Crippen molar-refractivity contribution in [3.05, 3.63) is 47.8 Å². The van der Waals surface area contributed by atoms with Crippen LogP contribution < -0.4 is 5.32 Å². The van der Waals surface area contributed by atoms with Crippen molar-refractivity contribution < 1.29 is 14.3 Å². The number of imidazole rings is 1. The summed E-state index contributed by atoms with van der Waals surface area (Å²) in [4.78, 5) is 28.3. The molecular weight excluding hydrogens is 322 g/mol. The Bertz CT molecular complexity index is 796. The normalized spacial score (nSPS) is 17.3. The number of aromatic nitrogens is 4. The lowest BCUT2D eigenvalue weighted by atomic mass is 9.88. The van der Waals surface area contributed by atoms with E-state index in [1.54, 1.807) is 35.4 Å². The molecule has 0 aromatic carbocycles. The molecule has 25 heavy (non-hydrogen) atoms. The Morgan fingerprint density at radius 2 is 2.16 bits per heavy atom. The van der Waals surface area contributed by atoms with Gasteiger partial charge in [0.1, 0.15) is 6.33 Å². The van der Waals surface area contributed by atoms with Crippen molar-refractivity contribution in [1.29, 1.82) is 0 Å². The van der Waals surface area contributed by atoms with Crippen molar-refractivity contribution in [2.45, 2.75) is 26.2 Å². The molecule has 8 heteroatoms. The van der Waals surface area contributed by atoms with Gasteiger partial charge in [0.2, 0.25) is 0 Å². The standard InChI is InChI=1S/C17H19N5O3/c1-11-3-4-13(12(9-11)17(24)25-2)19-16(23)14-5-6-15(21-20-14)22-8-7-18-10-22/h5-8,10-11H,3-4,9H2,1-2H3,(H,19,23). The first-order chi connectivity index (χ1) is 12.1. The van der Waals surface area contributed by atoms with Gasteiger partial charge in [0.25, 0.3) is 5.91 Å². The molecule has 1 N–H and O–H groups in total. The van der Waals surface area contributed by atoms with Crippen LogP contribution in [0.3, 0.4) is 0 Å². The van der Waals surface area contributed by atoms with Gasteiger partial charge < -0.3 is 10.1 Å². The first-order valence-electron chi connectivity index (χ1n) is 8.02. The van der Waals surface area contributed by atoms with E-state index in [1.165, 1.54) is 7.11 Å². The van der Waals surface area contributed by atoms with Crippen LogP contribution >= 0.6 is 0 Å². The minimum Gasteiger partial charge on any atom is -0.466 e. The molecule has 1 aliphatic rings. The first-order valence-corrected chi connectivity index (χ1v) is 8.02. The molecule has 1 amide bonds. The monoisotopic (exact) mass is 341 g/mol. The Balaban J connectivity index is 1.77. The van der Waals surface area contributed by atoms with Crippen molar-refractivity contribution in [3.63, 3.8) is 0 Å². The van der Waals surface area contributed by atoms with Crippen LogP contribution in [-0.2, 0) is 9.53 Å². The predicted octanol–water partition coefficient (Wildman–Crippen LogP) is 1.64. The zero-order valence-electron chi connectivity index (χ0n) is 14.1. The van der Waals surface area contributed by atoms with E-state index in [2.05, 4.69) is 27.4 Å². The summed E-state index contributed by atoms with van der Waals surface area (Å²) in [6.45, 7) is 2.07. The van der Waals surface area contributed by atoms with Crippen molar-refractivity contribution in [1.82, 2.24) is 25.1 Å². The lowest BCUT2D eigenvalue weighted by Gasteiger charge is -2.23.